The second-order valence-electron chi connectivity index (χ2n) is 4.54. The van der Waals surface area contributed by atoms with E-state index in [0.29, 0.717) is 11.3 Å². The Hall–Kier alpha value is -3.29. The highest BCUT2D eigenvalue weighted by atomic mass is 16.5. The fourth-order valence-corrected chi connectivity index (χ4v) is 2.04. The van der Waals surface area contributed by atoms with Crippen LogP contribution in [0.4, 0.5) is 0 Å². The highest BCUT2D eigenvalue weighted by Gasteiger charge is 2.11. The molecule has 23 heavy (non-hydrogen) atoms. The van der Waals surface area contributed by atoms with E-state index >= 15 is 0 Å². The maximum Gasteiger partial charge on any atom is 0.358 e. The monoisotopic (exact) mass is 314 g/mol. The molecule has 0 N–H and O–H groups in total. The van der Waals surface area contributed by atoms with Crippen LogP contribution in [0.1, 0.15) is 14.6 Å². The quantitative estimate of drug-likeness (QED) is 0.664. The van der Waals surface area contributed by atoms with E-state index in [0.717, 1.165) is 9.36 Å². The molecular weight excluding hydrogens is 298 g/mol. The normalized spacial score (nSPS) is 13.0. The highest BCUT2D eigenvalue weighted by Crippen LogP contribution is 2.19. The molecule has 0 unspecified atom stereocenters. The smallest absolute Gasteiger partial charge is 0.358 e. The summed E-state index contributed by atoms with van der Waals surface area (Å²) in [5.74, 6) is -0.681. The standard InChI is InChI=1S/C15H13N5O3/c1-19-13(9-16-18-19)10-4-3-5-11(8-10)20-14(21)7-6-12(17-20)15(22)23-2/h3-9H,1-2H3/i1D3. The molecular formula is C15H13N5O3. The molecule has 0 fully saturated rings. The number of ether oxygens (including phenoxy) is 1. The van der Waals surface area contributed by atoms with Crippen LogP contribution in [0.5, 0.6) is 0 Å². The molecule has 0 aliphatic carbocycles. The van der Waals surface area contributed by atoms with Gasteiger partial charge in [0.15, 0.2) is 5.69 Å². The van der Waals surface area contributed by atoms with Gasteiger partial charge in [0.25, 0.3) is 5.56 Å². The molecule has 116 valence electrons. The first-order chi connectivity index (χ1) is 12.3. The maximum atomic E-state index is 12.1. The second kappa shape index (κ2) is 5.84. The van der Waals surface area contributed by atoms with Crippen LogP contribution < -0.4 is 5.56 Å². The Morgan fingerprint density at radius 3 is 2.96 bits per heavy atom. The third-order valence-electron chi connectivity index (χ3n) is 3.13. The van der Waals surface area contributed by atoms with Crippen molar-refractivity contribution in [1.82, 2.24) is 24.8 Å². The maximum absolute atomic E-state index is 12.1. The van der Waals surface area contributed by atoms with Gasteiger partial charge in [-0.3, -0.25) is 4.79 Å². The van der Waals surface area contributed by atoms with Crippen molar-refractivity contribution in [3.05, 3.63) is 58.6 Å². The van der Waals surface area contributed by atoms with Crippen molar-refractivity contribution in [2.24, 2.45) is 6.98 Å². The van der Waals surface area contributed by atoms with Crippen molar-refractivity contribution in [2.75, 3.05) is 7.11 Å². The molecule has 0 aliphatic heterocycles. The zero-order valence-electron chi connectivity index (χ0n) is 15.0. The highest BCUT2D eigenvalue weighted by molar-refractivity contribution is 5.86. The third kappa shape index (κ3) is 2.73. The lowest BCUT2D eigenvalue weighted by molar-refractivity contribution is 0.0591. The van der Waals surface area contributed by atoms with E-state index in [4.69, 9.17) is 4.11 Å². The second-order valence-corrected chi connectivity index (χ2v) is 4.54. The van der Waals surface area contributed by atoms with Gasteiger partial charge in [-0.25, -0.2) is 9.48 Å². The number of benzene rings is 1. The fraction of sp³-hybridized carbons (Fsp3) is 0.133. The van der Waals surface area contributed by atoms with E-state index in [1.165, 1.54) is 25.4 Å². The Bertz CT molecular complexity index is 1030. The van der Waals surface area contributed by atoms with Crippen LogP contribution >= 0.6 is 0 Å². The predicted octanol–water partition coefficient (Wildman–Crippen LogP) is 0.815. The van der Waals surface area contributed by atoms with Gasteiger partial charge < -0.3 is 4.74 Å². The minimum Gasteiger partial charge on any atom is -0.464 e. The third-order valence-corrected chi connectivity index (χ3v) is 3.13. The molecule has 0 saturated carbocycles. The molecule has 0 saturated heterocycles. The van der Waals surface area contributed by atoms with E-state index in [-0.39, 0.29) is 11.4 Å². The summed E-state index contributed by atoms with van der Waals surface area (Å²) in [7, 11) is 1.21. The van der Waals surface area contributed by atoms with Gasteiger partial charge in [-0.05, 0) is 18.2 Å². The van der Waals surface area contributed by atoms with Crippen molar-refractivity contribution < 1.29 is 13.6 Å². The van der Waals surface area contributed by atoms with Gasteiger partial charge in [0.1, 0.15) is 0 Å². The summed E-state index contributed by atoms with van der Waals surface area (Å²) in [5.41, 5.74) is 0.574. The van der Waals surface area contributed by atoms with Crippen LogP contribution in [0.25, 0.3) is 16.9 Å². The average molecular weight is 314 g/mol. The Labute approximate surface area is 135 Å². The molecule has 8 heteroatoms. The number of carbonyl (C=O) groups excluding carboxylic acids is 1. The first-order valence-electron chi connectivity index (χ1n) is 8.02. The van der Waals surface area contributed by atoms with Crippen LogP contribution in [0.15, 0.2) is 47.4 Å². The SMILES string of the molecule is [2H]C([2H])([2H])n1nncc1-c1cccc(-n2nc(C(=O)OC)ccc2=O)c1. The summed E-state index contributed by atoms with van der Waals surface area (Å²) >= 11 is 0. The molecule has 1 aromatic carbocycles. The fourth-order valence-electron chi connectivity index (χ4n) is 2.04. The Balaban J connectivity index is 2.11. The zero-order chi connectivity index (χ0) is 18.9. The lowest BCUT2D eigenvalue weighted by Gasteiger charge is -2.08. The van der Waals surface area contributed by atoms with E-state index in [9.17, 15) is 9.59 Å². The summed E-state index contributed by atoms with van der Waals surface area (Å²) in [6, 6.07) is 8.89. The van der Waals surface area contributed by atoms with Gasteiger partial charge in [0.2, 0.25) is 0 Å². The van der Waals surface area contributed by atoms with Crippen molar-refractivity contribution in [2.45, 2.75) is 0 Å². The molecule has 3 rings (SSSR count). The Kier molecular flexibility index (Phi) is 2.87. The lowest BCUT2D eigenvalue weighted by Crippen LogP contribution is -2.23. The van der Waals surface area contributed by atoms with Gasteiger partial charge in [-0.1, -0.05) is 17.3 Å². The van der Waals surface area contributed by atoms with E-state index < -0.39 is 18.5 Å². The number of esters is 1. The minimum absolute atomic E-state index is 0.0355. The van der Waals surface area contributed by atoms with E-state index in [2.05, 4.69) is 20.1 Å². The van der Waals surface area contributed by atoms with Gasteiger partial charge in [0.05, 0.1) is 24.7 Å². The molecule has 0 bridgehead atoms. The molecule has 2 aromatic heterocycles. The number of methoxy groups -OCH3 is 1. The number of carbonyl (C=O) groups is 1. The molecule has 2 heterocycles. The summed E-state index contributed by atoms with van der Waals surface area (Å²) < 4.78 is 29.0. The molecule has 0 spiro atoms. The Morgan fingerprint density at radius 1 is 1.30 bits per heavy atom. The topological polar surface area (TPSA) is 91.9 Å². The number of hydrogen-bond donors (Lipinski definition) is 0. The Morgan fingerprint density at radius 2 is 2.17 bits per heavy atom. The van der Waals surface area contributed by atoms with Gasteiger partial charge >= 0.3 is 5.97 Å². The lowest BCUT2D eigenvalue weighted by atomic mass is 10.1. The van der Waals surface area contributed by atoms with Crippen LogP contribution in [-0.2, 0) is 11.7 Å². The van der Waals surface area contributed by atoms with Gasteiger partial charge in [-0.2, -0.15) is 9.78 Å². The van der Waals surface area contributed by atoms with E-state index in [1.807, 2.05) is 0 Å². The van der Waals surface area contributed by atoms with Crippen LogP contribution in [0, 0.1) is 0 Å². The number of rotatable bonds is 3. The summed E-state index contributed by atoms with van der Waals surface area (Å²) in [5, 5.41) is 11.2. The van der Waals surface area contributed by atoms with Crippen LogP contribution in [0.3, 0.4) is 0 Å². The van der Waals surface area contributed by atoms with Crippen molar-refractivity contribution in [3.8, 4) is 16.9 Å². The summed E-state index contributed by atoms with van der Waals surface area (Å²) in [4.78, 5) is 23.8. The summed E-state index contributed by atoms with van der Waals surface area (Å²) in [6.45, 7) is -2.50. The van der Waals surface area contributed by atoms with Crippen molar-refractivity contribution in [3.63, 3.8) is 0 Å². The molecule has 0 amide bonds. The molecule has 8 nitrogen and oxygen atoms in total. The van der Waals surface area contributed by atoms with Crippen LogP contribution in [0.2, 0.25) is 0 Å². The van der Waals surface area contributed by atoms with Gasteiger partial charge in [-0.15, -0.1) is 5.10 Å². The molecule has 3 aromatic rings. The number of nitrogens with zero attached hydrogens (tertiary/aromatic N) is 5. The number of aryl methyl sites for hydroxylation is 1. The first-order valence-corrected chi connectivity index (χ1v) is 6.52. The average Bonchev–Trinajstić information content (AvgIpc) is 3.12. The van der Waals surface area contributed by atoms with E-state index in [1.54, 1.807) is 24.3 Å². The summed E-state index contributed by atoms with van der Waals surface area (Å²) in [6.07, 6.45) is 1.31. The number of aromatic nitrogens is 5. The molecule has 0 radical (unpaired) electrons. The van der Waals surface area contributed by atoms with Crippen LogP contribution in [-0.4, -0.2) is 37.9 Å². The first kappa shape index (κ1) is 11.3. The predicted molar refractivity (Wildman–Crippen MR) is 81.2 cm³/mol. The number of hydrogen-bond acceptors (Lipinski definition) is 6. The van der Waals surface area contributed by atoms with Gasteiger partial charge in [0, 0.05) is 22.7 Å². The van der Waals surface area contributed by atoms with Crippen molar-refractivity contribution in [1.29, 1.82) is 0 Å². The zero-order valence-corrected chi connectivity index (χ0v) is 12.0. The van der Waals surface area contributed by atoms with Crippen molar-refractivity contribution >= 4 is 5.97 Å². The largest absolute Gasteiger partial charge is 0.464 e. The molecule has 0 aliphatic rings. The minimum atomic E-state index is -2.50. The molecule has 0 atom stereocenters.